The zero-order chi connectivity index (χ0) is 20.7. The van der Waals surface area contributed by atoms with Crippen molar-refractivity contribution >= 4 is 17.7 Å². The topological polar surface area (TPSA) is 109 Å². The molecule has 2 rings (SSSR count). The second-order valence-corrected chi connectivity index (χ2v) is 5.67. The first-order valence-electron chi connectivity index (χ1n) is 8.20. The van der Waals surface area contributed by atoms with Gasteiger partial charge in [0, 0.05) is 18.2 Å². The fourth-order valence-corrected chi connectivity index (χ4v) is 2.58. The summed E-state index contributed by atoms with van der Waals surface area (Å²) in [5.74, 6) is -0.434. The standard InChI is InChI=1S/C18H19F2N5O3/c1-3-5-12(24-18(27)28)13-9-11(7-8-21-13)16-14(23-15(26)6-4-2)10-22-25(16)17(19)20/h3-4,7-10,12,17,24H,1-2,5-6H2,(H,23,26)(H,27,28)/t12-/m0/s1. The number of anilines is 1. The van der Waals surface area contributed by atoms with Crippen molar-refractivity contribution in [3.05, 3.63) is 55.5 Å². The van der Waals surface area contributed by atoms with Crippen LogP contribution in [0.4, 0.5) is 19.3 Å². The van der Waals surface area contributed by atoms with Crippen LogP contribution in [0.5, 0.6) is 0 Å². The molecule has 0 aliphatic rings. The van der Waals surface area contributed by atoms with Crippen molar-refractivity contribution in [3.63, 3.8) is 0 Å². The predicted molar refractivity (Wildman–Crippen MR) is 98.9 cm³/mol. The highest BCUT2D eigenvalue weighted by Crippen LogP contribution is 2.32. The number of halogens is 2. The van der Waals surface area contributed by atoms with E-state index in [2.05, 4.69) is 33.9 Å². The first-order valence-corrected chi connectivity index (χ1v) is 8.20. The maximum Gasteiger partial charge on any atom is 0.405 e. The number of hydrogen-bond donors (Lipinski definition) is 3. The van der Waals surface area contributed by atoms with Crippen LogP contribution in [0.25, 0.3) is 11.3 Å². The van der Waals surface area contributed by atoms with Crippen LogP contribution in [0, 0.1) is 0 Å². The molecule has 0 unspecified atom stereocenters. The average Bonchev–Trinajstić information content (AvgIpc) is 3.05. The molecule has 2 aromatic rings. The Kier molecular flexibility index (Phi) is 6.96. The smallest absolute Gasteiger partial charge is 0.405 e. The minimum Gasteiger partial charge on any atom is -0.465 e. The summed E-state index contributed by atoms with van der Waals surface area (Å²) in [6.45, 7) is 4.09. The summed E-state index contributed by atoms with van der Waals surface area (Å²) >= 11 is 0. The highest BCUT2D eigenvalue weighted by molar-refractivity contribution is 5.95. The van der Waals surface area contributed by atoms with Gasteiger partial charge in [0.15, 0.2) is 0 Å². The number of amides is 2. The summed E-state index contributed by atoms with van der Waals surface area (Å²) in [4.78, 5) is 27.0. The van der Waals surface area contributed by atoms with Gasteiger partial charge in [-0.2, -0.15) is 13.9 Å². The van der Waals surface area contributed by atoms with Crippen LogP contribution < -0.4 is 10.6 Å². The summed E-state index contributed by atoms with van der Waals surface area (Å²) in [7, 11) is 0. The number of hydrogen-bond acceptors (Lipinski definition) is 4. The third-order valence-corrected chi connectivity index (χ3v) is 3.70. The Morgan fingerprint density at radius 3 is 2.68 bits per heavy atom. The van der Waals surface area contributed by atoms with Gasteiger partial charge in [0.1, 0.15) is 0 Å². The minimum atomic E-state index is -2.95. The molecular weight excluding hydrogens is 372 g/mol. The van der Waals surface area contributed by atoms with Crippen molar-refractivity contribution in [2.24, 2.45) is 0 Å². The van der Waals surface area contributed by atoms with Crippen LogP contribution in [0.1, 0.15) is 31.1 Å². The fourth-order valence-electron chi connectivity index (χ4n) is 2.58. The lowest BCUT2D eigenvalue weighted by Gasteiger charge is -2.16. The Balaban J connectivity index is 2.49. The first-order chi connectivity index (χ1) is 13.4. The first kappa shape index (κ1) is 20.7. The van der Waals surface area contributed by atoms with Crippen molar-refractivity contribution in [3.8, 4) is 11.3 Å². The van der Waals surface area contributed by atoms with Gasteiger partial charge in [0.05, 0.1) is 29.3 Å². The second kappa shape index (κ2) is 9.40. The van der Waals surface area contributed by atoms with Crippen LogP contribution >= 0.6 is 0 Å². The molecule has 2 aromatic heterocycles. The van der Waals surface area contributed by atoms with Crippen molar-refractivity contribution in [1.29, 1.82) is 0 Å². The number of carboxylic acid groups (broad SMARTS) is 1. The van der Waals surface area contributed by atoms with Crippen LogP contribution in [-0.4, -0.2) is 31.9 Å². The number of pyridine rings is 1. The molecule has 2 heterocycles. The summed E-state index contributed by atoms with van der Waals surface area (Å²) in [5.41, 5.74) is 0.669. The molecule has 28 heavy (non-hydrogen) atoms. The van der Waals surface area contributed by atoms with Crippen LogP contribution in [0.15, 0.2) is 49.8 Å². The zero-order valence-electron chi connectivity index (χ0n) is 14.8. The molecule has 0 spiro atoms. The van der Waals surface area contributed by atoms with E-state index in [1.165, 1.54) is 30.5 Å². The molecule has 0 aromatic carbocycles. The van der Waals surface area contributed by atoms with Gasteiger partial charge >= 0.3 is 12.6 Å². The number of nitrogens with one attached hydrogen (secondary N) is 2. The number of nitrogens with zero attached hydrogens (tertiary/aromatic N) is 3. The maximum atomic E-state index is 13.4. The van der Waals surface area contributed by atoms with E-state index in [0.29, 0.717) is 10.4 Å². The van der Waals surface area contributed by atoms with E-state index in [0.717, 1.165) is 6.20 Å². The highest BCUT2D eigenvalue weighted by atomic mass is 19.3. The van der Waals surface area contributed by atoms with Gasteiger partial charge in [-0.25, -0.2) is 9.48 Å². The maximum absolute atomic E-state index is 13.4. The molecule has 0 aliphatic carbocycles. The molecular formula is C18H19F2N5O3. The largest absolute Gasteiger partial charge is 0.465 e. The van der Waals surface area contributed by atoms with Crippen LogP contribution in [0.3, 0.4) is 0 Å². The highest BCUT2D eigenvalue weighted by Gasteiger charge is 2.22. The van der Waals surface area contributed by atoms with Crippen molar-refractivity contribution in [2.45, 2.75) is 25.4 Å². The number of carbonyl (C=O) groups excluding carboxylic acids is 1. The van der Waals surface area contributed by atoms with E-state index in [1.54, 1.807) is 0 Å². The molecule has 148 valence electrons. The lowest BCUT2D eigenvalue weighted by molar-refractivity contribution is -0.115. The molecule has 8 nitrogen and oxygen atoms in total. The van der Waals surface area contributed by atoms with Gasteiger partial charge < -0.3 is 15.7 Å². The molecule has 0 bridgehead atoms. The Labute approximate surface area is 159 Å². The Morgan fingerprint density at radius 2 is 2.07 bits per heavy atom. The number of alkyl halides is 2. The van der Waals surface area contributed by atoms with Gasteiger partial charge in [-0.3, -0.25) is 9.78 Å². The Morgan fingerprint density at radius 1 is 1.32 bits per heavy atom. The van der Waals surface area contributed by atoms with E-state index < -0.39 is 24.6 Å². The van der Waals surface area contributed by atoms with E-state index in [4.69, 9.17) is 5.11 Å². The third kappa shape index (κ3) is 5.00. The summed E-state index contributed by atoms with van der Waals surface area (Å²) in [5, 5.41) is 17.5. The predicted octanol–water partition coefficient (Wildman–Crippen LogP) is 3.74. The molecule has 0 saturated carbocycles. The van der Waals surface area contributed by atoms with Crippen LogP contribution in [-0.2, 0) is 4.79 Å². The SMILES string of the molecule is C=CCC(=O)Nc1cnn(C(F)F)c1-c1ccnc([C@H](CC=C)NC(=O)O)c1. The zero-order valence-corrected chi connectivity index (χ0v) is 14.8. The molecule has 1 atom stereocenters. The Bertz CT molecular complexity index is 882. The third-order valence-electron chi connectivity index (χ3n) is 3.70. The number of carbonyl (C=O) groups is 2. The van der Waals surface area contributed by atoms with E-state index in [-0.39, 0.29) is 29.8 Å². The molecule has 0 fully saturated rings. The molecule has 0 saturated heterocycles. The van der Waals surface area contributed by atoms with E-state index >= 15 is 0 Å². The minimum absolute atomic E-state index is 0.00480. The number of aromatic nitrogens is 3. The molecule has 3 N–H and O–H groups in total. The summed E-state index contributed by atoms with van der Waals surface area (Å²) < 4.78 is 27.3. The lowest BCUT2D eigenvalue weighted by Crippen LogP contribution is -2.27. The second-order valence-electron chi connectivity index (χ2n) is 5.67. The van der Waals surface area contributed by atoms with Gasteiger partial charge in [-0.1, -0.05) is 12.2 Å². The monoisotopic (exact) mass is 391 g/mol. The van der Waals surface area contributed by atoms with Gasteiger partial charge in [-0.15, -0.1) is 13.2 Å². The number of rotatable bonds is 9. The average molecular weight is 391 g/mol. The van der Waals surface area contributed by atoms with Crippen LogP contribution in [0.2, 0.25) is 0 Å². The van der Waals surface area contributed by atoms with Crippen molar-refractivity contribution in [2.75, 3.05) is 5.32 Å². The Hall–Kier alpha value is -3.56. The molecule has 10 heteroatoms. The quantitative estimate of drug-likeness (QED) is 0.564. The summed E-state index contributed by atoms with van der Waals surface area (Å²) in [6, 6.07) is 2.22. The normalized spacial score (nSPS) is 11.7. The van der Waals surface area contributed by atoms with Crippen molar-refractivity contribution < 1.29 is 23.5 Å². The van der Waals surface area contributed by atoms with Gasteiger partial charge in [-0.05, 0) is 18.6 Å². The van der Waals surface area contributed by atoms with Gasteiger partial charge in [0.2, 0.25) is 5.91 Å². The molecule has 0 radical (unpaired) electrons. The fraction of sp³-hybridized carbons (Fsp3) is 0.222. The lowest BCUT2D eigenvalue weighted by atomic mass is 10.1. The summed E-state index contributed by atoms with van der Waals surface area (Å²) in [6.07, 6.45) is 4.38. The van der Waals surface area contributed by atoms with E-state index in [1.807, 2.05) is 0 Å². The van der Waals surface area contributed by atoms with E-state index in [9.17, 15) is 18.4 Å². The van der Waals surface area contributed by atoms with Crippen molar-refractivity contribution in [1.82, 2.24) is 20.1 Å². The van der Waals surface area contributed by atoms with Gasteiger partial charge in [0.25, 0.3) is 0 Å². The molecule has 2 amide bonds. The molecule has 0 aliphatic heterocycles.